The van der Waals surface area contributed by atoms with Crippen molar-refractivity contribution in [2.75, 3.05) is 19.8 Å². The molecule has 0 aromatic heterocycles. The lowest BCUT2D eigenvalue weighted by Gasteiger charge is -2.41. The van der Waals surface area contributed by atoms with Crippen LogP contribution >= 0.6 is 0 Å². The van der Waals surface area contributed by atoms with E-state index in [2.05, 4.69) is 18.7 Å². The maximum atomic E-state index is 12.2. The van der Waals surface area contributed by atoms with Crippen LogP contribution in [0, 0.1) is 5.92 Å². The van der Waals surface area contributed by atoms with Crippen LogP contribution in [0.3, 0.4) is 0 Å². The zero-order chi connectivity index (χ0) is 17.5. The Morgan fingerprint density at radius 1 is 1.13 bits per heavy atom. The summed E-state index contributed by atoms with van der Waals surface area (Å²) in [4.78, 5) is 25.6. The van der Waals surface area contributed by atoms with Crippen molar-refractivity contribution in [1.29, 1.82) is 0 Å². The highest BCUT2D eigenvalue weighted by molar-refractivity contribution is 5.70. The minimum atomic E-state index is -0.966. The molecule has 23 heavy (non-hydrogen) atoms. The van der Waals surface area contributed by atoms with Crippen LogP contribution in [0.5, 0.6) is 0 Å². The Kier molecular flexibility index (Phi) is 7.99. The van der Waals surface area contributed by atoms with Gasteiger partial charge in [0.15, 0.2) is 0 Å². The molecule has 1 unspecified atom stereocenters. The Balaban J connectivity index is 2.48. The fraction of sp³-hybridized carbons (Fsp3) is 0.882. The Morgan fingerprint density at radius 2 is 1.74 bits per heavy atom. The lowest BCUT2D eigenvalue weighted by Crippen LogP contribution is -2.55. The van der Waals surface area contributed by atoms with Crippen molar-refractivity contribution in [1.82, 2.24) is 4.90 Å². The van der Waals surface area contributed by atoms with E-state index in [1.54, 1.807) is 6.92 Å². The molecule has 0 saturated carbocycles. The van der Waals surface area contributed by atoms with Crippen molar-refractivity contribution >= 4 is 11.9 Å². The highest BCUT2D eigenvalue weighted by Crippen LogP contribution is 2.34. The standard InChI is InChI=1S/C17H31NO5/c1-6-21-15(19)9-7-8-10-16(20)23-17(13(2)3)18(14(4)5)11-12-22-17/h13-14H,6-12H2,1-5H3. The van der Waals surface area contributed by atoms with Crippen LogP contribution < -0.4 is 0 Å². The van der Waals surface area contributed by atoms with E-state index in [1.807, 2.05) is 13.8 Å². The van der Waals surface area contributed by atoms with Crippen LogP contribution in [0.4, 0.5) is 0 Å². The van der Waals surface area contributed by atoms with Crippen molar-refractivity contribution in [3.8, 4) is 0 Å². The molecule has 1 rings (SSSR count). The molecule has 0 spiro atoms. The predicted octanol–water partition coefficient (Wildman–Crippen LogP) is 2.70. The summed E-state index contributed by atoms with van der Waals surface area (Å²) in [5.74, 6) is -1.43. The summed E-state index contributed by atoms with van der Waals surface area (Å²) in [7, 11) is 0. The normalized spacial score (nSPS) is 21.9. The van der Waals surface area contributed by atoms with Crippen molar-refractivity contribution in [2.45, 2.75) is 72.3 Å². The van der Waals surface area contributed by atoms with Gasteiger partial charge in [0.2, 0.25) is 0 Å². The Labute approximate surface area is 139 Å². The predicted molar refractivity (Wildman–Crippen MR) is 86.6 cm³/mol. The van der Waals surface area contributed by atoms with Crippen LogP contribution in [0.1, 0.15) is 60.3 Å². The third kappa shape index (κ3) is 5.46. The van der Waals surface area contributed by atoms with Gasteiger partial charge >= 0.3 is 11.9 Å². The quantitative estimate of drug-likeness (QED) is 0.479. The van der Waals surface area contributed by atoms with Gasteiger partial charge in [-0.25, -0.2) is 4.90 Å². The number of hydrogen-bond donors (Lipinski definition) is 0. The molecule has 0 aromatic carbocycles. The molecule has 0 aliphatic carbocycles. The summed E-state index contributed by atoms with van der Waals surface area (Å²) >= 11 is 0. The second-order valence-electron chi connectivity index (χ2n) is 6.41. The number of nitrogens with zero attached hydrogens (tertiary/aromatic N) is 1. The van der Waals surface area contributed by atoms with Gasteiger partial charge in [-0.1, -0.05) is 13.8 Å². The molecule has 0 aromatic rings. The molecule has 1 heterocycles. The van der Waals surface area contributed by atoms with Gasteiger partial charge in [-0.05, 0) is 33.6 Å². The first-order valence-electron chi connectivity index (χ1n) is 8.61. The van der Waals surface area contributed by atoms with Gasteiger partial charge in [-0.2, -0.15) is 0 Å². The first-order chi connectivity index (χ1) is 10.8. The van der Waals surface area contributed by atoms with E-state index in [1.165, 1.54) is 0 Å². The summed E-state index contributed by atoms with van der Waals surface area (Å²) < 4.78 is 16.4. The number of esters is 2. The number of ether oxygens (including phenoxy) is 3. The third-order valence-corrected chi connectivity index (χ3v) is 3.97. The number of unbranched alkanes of at least 4 members (excludes halogenated alkanes) is 1. The third-order valence-electron chi connectivity index (χ3n) is 3.97. The second-order valence-corrected chi connectivity index (χ2v) is 6.41. The summed E-state index contributed by atoms with van der Waals surface area (Å²) in [6.45, 7) is 11.6. The topological polar surface area (TPSA) is 65.1 Å². The lowest BCUT2D eigenvalue weighted by atomic mass is 10.1. The van der Waals surface area contributed by atoms with E-state index >= 15 is 0 Å². The Morgan fingerprint density at radius 3 is 2.26 bits per heavy atom. The Bertz CT molecular complexity index is 396. The van der Waals surface area contributed by atoms with Crippen molar-refractivity contribution in [2.24, 2.45) is 5.92 Å². The fourth-order valence-corrected chi connectivity index (χ4v) is 2.84. The van der Waals surface area contributed by atoms with Gasteiger partial charge in [0.05, 0.1) is 13.2 Å². The average molecular weight is 329 g/mol. The molecule has 6 heteroatoms. The summed E-state index contributed by atoms with van der Waals surface area (Å²) in [5.41, 5.74) is 0. The van der Waals surface area contributed by atoms with Crippen LogP contribution in [0.25, 0.3) is 0 Å². The first kappa shape index (κ1) is 19.9. The van der Waals surface area contributed by atoms with E-state index in [9.17, 15) is 9.59 Å². The summed E-state index contributed by atoms with van der Waals surface area (Å²) in [6, 6.07) is 0.233. The fourth-order valence-electron chi connectivity index (χ4n) is 2.84. The molecule has 1 aliphatic heterocycles. The molecule has 0 amide bonds. The smallest absolute Gasteiger partial charge is 0.309 e. The molecule has 1 fully saturated rings. The zero-order valence-corrected chi connectivity index (χ0v) is 15.1. The second kappa shape index (κ2) is 9.23. The molecule has 0 radical (unpaired) electrons. The maximum absolute atomic E-state index is 12.2. The van der Waals surface area contributed by atoms with Crippen molar-refractivity contribution in [3.63, 3.8) is 0 Å². The number of carbonyl (C=O) groups is 2. The van der Waals surface area contributed by atoms with E-state index in [4.69, 9.17) is 14.2 Å². The van der Waals surface area contributed by atoms with Gasteiger partial charge < -0.3 is 14.2 Å². The minimum Gasteiger partial charge on any atom is -0.466 e. The van der Waals surface area contributed by atoms with Crippen molar-refractivity contribution in [3.05, 3.63) is 0 Å². The number of carbonyl (C=O) groups excluding carboxylic acids is 2. The van der Waals surface area contributed by atoms with E-state index in [0.29, 0.717) is 32.5 Å². The van der Waals surface area contributed by atoms with E-state index in [-0.39, 0.29) is 30.3 Å². The highest BCUT2D eigenvalue weighted by atomic mass is 16.7. The summed E-state index contributed by atoms with van der Waals surface area (Å²) in [5, 5.41) is 0. The molecule has 0 N–H and O–H groups in total. The number of rotatable bonds is 9. The Hall–Kier alpha value is -1.14. The summed E-state index contributed by atoms with van der Waals surface area (Å²) in [6.07, 6.45) is 1.85. The molecule has 0 bridgehead atoms. The largest absolute Gasteiger partial charge is 0.466 e. The van der Waals surface area contributed by atoms with Gasteiger partial charge in [-0.15, -0.1) is 0 Å². The molecular weight excluding hydrogens is 298 g/mol. The van der Waals surface area contributed by atoms with Gasteiger partial charge in [0, 0.05) is 31.3 Å². The maximum Gasteiger partial charge on any atom is 0.309 e. The highest BCUT2D eigenvalue weighted by Gasteiger charge is 2.49. The molecule has 1 saturated heterocycles. The van der Waals surface area contributed by atoms with Crippen LogP contribution in [-0.2, 0) is 23.8 Å². The van der Waals surface area contributed by atoms with Crippen molar-refractivity contribution < 1.29 is 23.8 Å². The minimum absolute atomic E-state index is 0.0379. The van der Waals surface area contributed by atoms with Gasteiger partial charge in [0.25, 0.3) is 5.91 Å². The van der Waals surface area contributed by atoms with Crippen LogP contribution in [0.15, 0.2) is 0 Å². The first-order valence-corrected chi connectivity index (χ1v) is 8.61. The SMILES string of the molecule is CCOC(=O)CCCCC(=O)OC1(C(C)C)OCCN1C(C)C. The van der Waals surface area contributed by atoms with Gasteiger partial charge in [-0.3, -0.25) is 9.59 Å². The van der Waals surface area contributed by atoms with Crippen LogP contribution in [0.2, 0.25) is 0 Å². The monoisotopic (exact) mass is 329 g/mol. The van der Waals surface area contributed by atoms with E-state index in [0.717, 1.165) is 6.54 Å². The molecule has 134 valence electrons. The number of hydrogen-bond acceptors (Lipinski definition) is 6. The van der Waals surface area contributed by atoms with E-state index < -0.39 is 5.91 Å². The molecular formula is C17H31NO5. The molecule has 6 nitrogen and oxygen atoms in total. The zero-order valence-electron chi connectivity index (χ0n) is 15.1. The molecule has 1 aliphatic rings. The van der Waals surface area contributed by atoms with Gasteiger partial charge in [0.1, 0.15) is 0 Å². The van der Waals surface area contributed by atoms with Crippen LogP contribution in [-0.4, -0.2) is 48.5 Å². The molecule has 1 atom stereocenters. The average Bonchev–Trinajstić information content (AvgIpc) is 2.89. The lowest BCUT2D eigenvalue weighted by molar-refractivity contribution is -0.290.